The molecule has 0 radical (unpaired) electrons. The summed E-state index contributed by atoms with van der Waals surface area (Å²) >= 11 is 0. The molecule has 0 aliphatic rings. The SMILES string of the molecule is COC(C)(C)C#Cc1ccc(-c2ccccc2NC(=O)c2c(C)nn(C)c2F)cc1. The Bertz CT molecular complexity index is 1140. The summed E-state index contributed by atoms with van der Waals surface area (Å²) in [6.45, 7) is 5.41. The van der Waals surface area contributed by atoms with Gasteiger partial charge in [-0.05, 0) is 44.5 Å². The highest BCUT2D eigenvalue weighted by Crippen LogP contribution is 2.29. The highest BCUT2D eigenvalue weighted by Gasteiger charge is 2.21. The maximum atomic E-state index is 14.2. The van der Waals surface area contributed by atoms with Crippen molar-refractivity contribution < 1.29 is 13.9 Å². The molecule has 0 saturated heterocycles. The number of nitrogens with zero attached hydrogens (tertiary/aromatic N) is 2. The van der Waals surface area contributed by atoms with E-state index in [1.165, 1.54) is 7.05 Å². The van der Waals surface area contributed by atoms with Crippen LogP contribution in [0.5, 0.6) is 0 Å². The summed E-state index contributed by atoms with van der Waals surface area (Å²) in [5.41, 5.74) is 2.94. The molecule has 0 saturated carbocycles. The fraction of sp³-hybridized carbons (Fsp3) is 0.250. The first-order valence-electron chi connectivity index (χ1n) is 9.50. The van der Waals surface area contributed by atoms with E-state index < -0.39 is 17.5 Å². The van der Waals surface area contributed by atoms with E-state index in [0.29, 0.717) is 11.4 Å². The monoisotopic (exact) mass is 405 g/mol. The number of amides is 1. The van der Waals surface area contributed by atoms with Gasteiger partial charge in [-0.3, -0.25) is 4.79 Å². The van der Waals surface area contributed by atoms with Gasteiger partial charge < -0.3 is 10.1 Å². The first kappa shape index (κ1) is 21.3. The average molecular weight is 405 g/mol. The number of aryl methyl sites for hydroxylation is 2. The maximum absolute atomic E-state index is 14.2. The Morgan fingerprint density at radius 3 is 2.43 bits per heavy atom. The van der Waals surface area contributed by atoms with Crippen molar-refractivity contribution in [2.45, 2.75) is 26.4 Å². The lowest BCUT2D eigenvalue weighted by Gasteiger charge is -2.14. The van der Waals surface area contributed by atoms with E-state index >= 15 is 0 Å². The molecular formula is C24H24FN3O2. The predicted molar refractivity (Wildman–Crippen MR) is 116 cm³/mol. The Kier molecular flexibility index (Phi) is 6.04. The number of carbonyl (C=O) groups excluding carboxylic acids is 1. The molecule has 3 rings (SSSR count). The van der Waals surface area contributed by atoms with Crippen LogP contribution in [0.15, 0.2) is 48.5 Å². The van der Waals surface area contributed by atoms with Crippen LogP contribution in [0, 0.1) is 24.7 Å². The number of halogens is 1. The quantitative estimate of drug-likeness (QED) is 0.647. The van der Waals surface area contributed by atoms with Crippen LogP contribution in [-0.4, -0.2) is 28.4 Å². The number of para-hydroxylation sites is 1. The second kappa shape index (κ2) is 8.52. The van der Waals surface area contributed by atoms with Crippen molar-refractivity contribution in [3.8, 4) is 23.0 Å². The molecule has 1 amide bonds. The minimum atomic E-state index is -0.663. The highest BCUT2D eigenvalue weighted by atomic mass is 19.1. The van der Waals surface area contributed by atoms with E-state index in [2.05, 4.69) is 22.3 Å². The topological polar surface area (TPSA) is 56.1 Å². The lowest BCUT2D eigenvalue weighted by atomic mass is 10.0. The molecule has 1 N–H and O–H groups in total. The lowest BCUT2D eigenvalue weighted by Crippen LogP contribution is -2.19. The maximum Gasteiger partial charge on any atom is 0.262 e. The number of hydrogen-bond acceptors (Lipinski definition) is 3. The van der Waals surface area contributed by atoms with Crippen molar-refractivity contribution in [1.82, 2.24) is 9.78 Å². The zero-order chi connectivity index (χ0) is 21.9. The van der Waals surface area contributed by atoms with Gasteiger partial charge in [0.2, 0.25) is 5.95 Å². The van der Waals surface area contributed by atoms with Crippen molar-refractivity contribution in [2.24, 2.45) is 7.05 Å². The lowest BCUT2D eigenvalue weighted by molar-refractivity contribution is 0.0741. The third-order valence-electron chi connectivity index (χ3n) is 4.77. The Morgan fingerprint density at radius 1 is 1.17 bits per heavy atom. The largest absolute Gasteiger partial charge is 0.366 e. The van der Waals surface area contributed by atoms with Crippen LogP contribution in [-0.2, 0) is 11.8 Å². The molecule has 5 nitrogen and oxygen atoms in total. The van der Waals surface area contributed by atoms with Gasteiger partial charge in [0.1, 0.15) is 11.2 Å². The van der Waals surface area contributed by atoms with Crippen LogP contribution in [0.4, 0.5) is 10.1 Å². The average Bonchev–Trinajstić information content (AvgIpc) is 2.99. The molecule has 1 heterocycles. The summed E-state index contributed by atoms with van der Waals surface area (Å²) in [7, 11) is 3.09. The van der Waals surface area contributed by atoms with Crippen molar-refractivity contribution in [1.29, 1.82) is 0 Å². The molecule has 154 valence electrons. The van der Waals surface area contributed by atoms with Crippen molar-refractivity contribution in [3.63, 3.8) is 0 Å². The smallest absolute Gasteiger partial charge is 0.262 e. The fourth-order valence-corrected chi connectivity index (χ4v) is 2.92. The van der Waals surface area contributed by atoms with Gasteiger partial charge in [-0.2, -0.15) is 9.49 Å². The van der Waals surface area contributed by atoms with Gasteiger partial charge in [0.05, 0.1) is 5.69 Å². The van der Waals surface area contributed by atoms with Crippen LogP contribution in [0.2, 0.25) is 0 Å². The standard InChI is InChI=1S/C24H24FN3O2/c1-16-21(22(25)28(4)27-16)23(29)26-20-9-7-6-8-19(20)18-12-10-17(11-13-18)14-15-24(2,3)30-5/h6-13H,1-5H3,(H,26,29). The van der Waals surface area contributed by atoms with Crippen LogP contribution in [0.3, 0.4) is 0 Å². The van der Waals surface area contributed by atoms with Crippen molar-refractivity contribution in [2.75, 3.05) is 12.4 Å². The van der Waals surface area contributed by atoms with Gasteiger partial charge in [-0.1, -0.05) is 42.2 Å². The van der Waals surface area contributed by atoms with Gasteiger partial charge in [0.25, 0.3) is 5.91 Å². The second-order valence-electron chi connectivity index (χ2n) is 7.42. The molecule has 6 heteroatoms. The number of carbonyl (C=O) groups is 1. The molecular weight excluding hydrogens is 381 g/mol. The zero-order valence-electron chi connectivity index (χ0n) is 17.7. The molecule has 1 aromatic heterocycles. The van der Waals surface area contributed by atoms with Crippen LogP contribution in [0.25, 0.3) is 11.1 Å². The van der Waals surface area contributed by atoms with Crippen LogP contribution >= 0.6 is 0 Å². The number of ether oxygens (including phenoxy) is 1. The molecule has 30 heavy (non-hydrogen) atoms. The number of aromatic nitrogens is 2. The van der Waals surface area contributed by atoms with E-state index in [0.717, 1.165) is 21.4 Å². The summed E-state index contributed by atoms with van der Waals surface area (Å²) in [5.74, 6) is 4.99. The summed E-state index contributed by atoms with van der Waals surface area (Å²) in [6.07, 6.45) is 0. The molecule has 0 unspecified atom stereocenters. The van der Waals surface area contributed by atoms with Crippen molar-refractivity contribution in [3.05, 3.63) is 71.3 Å². The predicted octanol–water partition coefficient (Wildman–Crippen LogP) is 4.56. The Balaban J connectivity index is 1.88. The summed E-state index contributed by atoms with van der Waals surface area (Å²) in [5, 5.41) is 6.77. The normalized spacial score (nSPS) is 11.0. The Morgan fingerprint density at radius 2 is 1.83 bits per heavy atom. The van der Waals surface area contributed by atoms with Gasteiger partial charge in [-0.15, -0.1) is 0 Å². The molecule has 2 aromatic carbocycles. The molecule has 3 aromatic rings. The number of methoxy groups -OCH3 is 1. The minimum absolute atomic E-state index is 0.0568. The van der Waals surface area contributed by atoms with Gasteiger partial charge in [0.15, 0.2) is 0 Å². The number of benzene rings is 2. The molecule has 0 atom stereocenters. The zero-order valence-corrected chi connectivity index (χ0v) is 17.7. The fourth-order valence-electron chi connectivity index (χ4n) is 2.92. The van der Waals surface area contributed by atoms with Crippen LogP contribution in [0.1, 0.15) is 35.5 Å². The third kappa shape index (κ3) is 4.58. The van der Waals surface area contributed by atoms with Gasteiger partial charge in [-0.25, -0.2) is 4.68 Å². The minimum Gasteiger partial charge on any atom is -0.366 e. The van der Waals surface area contributed by atoms with E-state index in [9.17, 15) is 9.18 Å². The highest BCUT2D eigenvalue weighted by molar-refractivity contribution is 6.07. The van der Waals surface area contributed by atoms with E-state index in [-0.39, 0.29) is 5.56 Å². The summed E-state index contributed by atoms with van der Waals surface area (Å²) < 4.78 is 20.6. The number of hydrogen-bond donors (Lipinski definition) is 1. The Hall–Kier alpha value is -3.43. The van der Waals surface area contributed by atoms with Crippen LogP contribution < -0.4 is 5.32 Å². The van der Waals surface area contributed by atoms with Gasteiger partial charge >= 0.3 is 0 Å². The number of anilines is 1. The van der Waals surface area contributed by atoms with E-state index in [1.807, 2.05) is 56.3 Å². The Labute approximate surface area is 175 Å². The first-order chi connectivity index (χ1) is 14.2. The first-order valence-corrected chi connectivity index (χ1v) is 9.50. The van der Waals surface area contributed by atoms with E-state index in [1.54, 1.807) is 20.1 Å². The second-order valence-corrected chi connectivity index (χ2v) is 7.42. The molecule has 0 aliphatic carbocycles. The summed E-state index contributed by atoms with van der Waals surface area (Å²) in [6, 6.07) is 15.1. The molecule has 0 spiro atoms. The molecule has 0 aliphatic heterocycles. The molecule has 0 bridgehead atoms. The number of nitrogens with one attached hydrogen (secondary N) is 1. The molecule has 0 fully saturated rings. The third-order valence-corrected chi connectivity index (χ3v) is 4.77. The number of rotatable bonds is 4. The van der Waals surface area contributed by atoms with E-state index in [4.69, 9.17) is 4.74 Å². The van der Waals surface area contributed by atoms with Gasteiger partial charge in [0, 0.05) is 31.0 Å². The summed E-state index contributed by atoms with van der Waals surface area (Å²) in [4.78, 5) is 12.7. The van der Waals surface area contributed by atoms with Crippen molar-refractivity contribution >= 4 is 11.6 Å².